The summed E-state index contributed by atoms with van der Waals surface area (Å²) in [5.41, 5.74) is 0.630. The SMILES string of the molecule is COC(=O)Sc1nc2c([N+](=O)[O-])cccc2[nH]1. The van der Waals surface area contributed by atoms with E-state index in [-0.39, 0.29) is 16.4 Å². The van der Waals surface area contributed by atoms with E-state index in [1.807, 2.05) is 0 Å². The fourth-order valence-corrected chi connectivity index (χ4v) is 1.85. The van der Waals surface area contributed by atoms with Crippen LogP contribution < -0.4 is 0 Å². The summed E-state index contributed by atoms with van der Waals surface area (Å²) >= 11 is 0.739. The summed E-state index contributed by atoms with van der Waals surface area (Å²) in [6.45, 7) is 0. The van der Waals surface area contributed by atoms with Crippen molar-refractivity contribution in [3.8, 4) is 0 Å². The summed E-state index contributed by atoms with van der Waals surface area (Å²) in [7, 11) is 1.25. The van der Waals surface area contributed by atoms with Crippen LogP contribution >= 0.6 is 11.8 Å². The van der Waals surface area contributed by atoms with Gasteiger partial charge in [-0.3, -0.25) is 10.1 Å². The summed E-state index contributed by atoms with van der Waals surface area (Å²) in [5.74, 6) is 0. The first-order chi connectivity index (χ1) is 8.11. The molecule has 7 nitrogen and oxygen atoms in total. The molecule has 0 aliphatic rings. The predicted octanol–water partition coefficient (Wildman–Crippen LogP) is 2.33. The average Bonchev–Trinajstić information content (AvgIpc) is 2.70. The van der Waals surface area contributed by atoms with Crippen LogP contribution in [0.4, 0.5) is 10.5 Å². The van der Waals surface area contributed by atoms with Gasteiger partial charge >= 0.3 is 5.30 Å². The zero-order chi connectivity index (χ0) is 12.4. The van der Waals surface area contributed by atoms with Crippen LogP contribution in [0, 0.1) is 10.1 Å². The lowest BCUT2D eigenvalue weighted by atomic mass is 10.3. The van der Waals surface area contributed by atoms with Crippen LogP contribution in [0.25, 0.3) is 11.0 Å². The fourth-order valence-electron chi connectivity index (χ4n) is 1.31. The number of carbonyl (C=O) groups is 1. The Balaban J connectivity index is 2.46. The van der Waals surface area contributed by atoms with Crippen molar-refractivity contribution in [2.45, 2.75) is 5.16 Å². The minimum absolute atomic E-state index is 0.101. The maximum absolute atomic E-state index is 11.0. The van der Waals surface area contributed by atoms with Crippen molar-refractivity contribution in [1.82, 2.24) is 9.97 Å². The lowest BCUT2D eigenvalue weighted by Gasteiger charge is -1.92. The van der Waals surface area contributed by atoms with Crippen LogP contribution in [0.15, 0.2) is 23.4 Å². The van der Waals surface area contributed by atoms with Gasteiger partial charge < -0.3 is 9.72 Å². The molecule has 0 saturated carbocycles. The number of hydrogen-bond acceptors (Lipinski definition) is 6. The largest absolute Gasteiger partial charge is 0.461 e. The Hall–Kier alpha value is -2.09. The number of aromatic amines is 1. The molecule has 17 heavy (non-hydrogen) atoms. The maximum Gasteiger partial charge on any atom is 0.374 e. The number of non-ortho nitro benzene ring substituents is 1. The summed E-state index contributed by atoms with van der Waals surface area (Å²) in [5, 5.41) is 10.5. The highest BCUT2D eigenvalue weighted by Crippen LogP contribution is 2.26. The zero-order valence-corrected chi connectivity index (χ0v) is 9.48. The number of nitro benzene ring substituents is 1. The van der Waals surface area contributed by atoms with Gasteiger partial charge in [0.05, 0.1) is 17.5 Å². The van der Waals surface area contributed by atoms with Gasteiger partial charge in [-0.05, 0) is 6.07 Å². The minimum atomic E-state index is -0.535. The number of carbonyl (C=O) groups excluding carboxylic acids is 1. The number of aromatic nitrogens is 2. The van der Waals surface area contributed by atoms with Gasteiger partial charge in [-0.25, -0.2) is 9.78 Å². The Morgan fingerprint density at radius 3 is 3.00 bits per heavy atom. The molecule has 0 atom stereocenters. The first kappa shape index (κ1) is 11.4. The molecular formula is C9H7N3O4S. The van der Waals surface area contributed by atoms with Gasteiger partial charge in [0.25, 0.3) is 5.69 Å². The lowest BCUT2D eigenvalue weighted by molar-refractivity contribution is -0.383. The molecule has 1 aromatic carbocycles. The number of nitrogens with one attached hydrogen (secondary N) is 1. The second-order valence-corrected chi connectivity index (χ2v) is 3.95. The van der Waals surface area contributed by atoms with E-state index in [1.165, 1.54) is 13.2 Å². The van der Waals surface area contributed by atoms with E-state index in [0.29, 0.717) is 5.52 Å². The molecule has 0 aliphatic carbocycles. The highest BCUT2D eigenvalue weighted by Gasteiger charge is 2.17. The molecule has 0 spiro atoms. The Kier molecular flexibility index (Phi) is 2.96. The number of nitrogens with zero attached hydrogens (tertiary/aromatic N) is 2. The molecule has 88 valence electrons. The van der Waals surface area contributed by atoms with E-state index in [4.69, 9.17) is 0 Å². The number of H-pyrrole nitrogens is 1. The molecule has 0 amide bonds. The quantitative estimate of drug-likeness (QED) is 0.381. The molecule has 0 aliphatic heterocycles. The first-order valence-electron chi connectivity index (χ1n) is 4.50. The molecule has 0 saturated heterocycles. The number of para-hydroxylation sites is 1. The van der Waals surface area contributed by atoms with Crippen molar-refractivity contribution < 1.29 is 14.5 Å². The Morgan fingerprint density at radius 1 is 1.59 bits per heavy atom. The molecule has 0 bridgehead atoms. The van der Waals surface area contributed by atoms with Gasteiger partial charge in [0, 0.05) is 17.8 Å². The molecular weight excluding hydrogens is 246 g/mol. The normalized spacial score (nSPS) is 10.4. The van der Waals surface area contributed by atoms with Gasteiger partial charge in [0.15, 0.2) is 10.7 Å². The molecule has 2 rings (SSSR count). The van der Waals surface area contributed by atoms with Crippen LogP contribution in [0.3, 0.4) is 0 Å². The second-order valence-electron chi connectivity index (χ2n) is 3.03. The fraction of sp³-hybridized carbons (Fsp3) is 0.111. The third kappa shape index (κ3) is 2.21. The van der Waals surface area contributed by atoms with Crippen molar-refractivity contribution in [3.63, 3.8) is 0 Å². The van der Waals surface area contributed by atoms with Gasteiger partial charge in [-0.1, -0.05) is 6.07 Å². The molecule has 1 N–H and O–H groups in total. The van der Waals surface area contributed by atoms with Crippen LogP contribution in [-0.2, 0) is 4.74 Å². The number of nitro groups is 1. The van der Waals surface area contributed by atoms with Crippen molar-refractivity contribution in [2.24, 2.45) is 0 Å². The number of hydrogen-bond donors (Lipinski definition) is 1. The van der Waals surface area contributed by atoms with Crippen molar-refractivity contribution >= 4 is 33.8 Å². The highest BCUT2D eigenvalue weighted by atomic mass is 32.2. The van der Waals surface area contributed by atoms with E-state index in [1.54, 1.807) is 12.1 Å². The predicted molar refractivity (Wildman–Crippen MR) is 61.0 cm³/mol. The van der Waals surface area contributed by atoms with Crippen LogP contribution in [0.5, 0.6) is 0 Å². The summed E-state index contributed by atoms with van der Waals surface area (Å²) < 4.78 is 4.46. The highest BCUT2D eigenvalue weighted by molar-refractivity contribution is 8.13. The van der Waals surface area contributed by atoms with E-state index in [9.17, 15) is 14.9 Å². The van der Waals surface area contributed by atoms with Gasteiger partial charge in [0.2, 0.25) is 0 Å². The van der Waals surface area contributed by atoms with Gasteiger partial charge in [-0.15, -0.1) is 0 Å². The van der Waals surface area contributed by atoms with Gasteiger partial charge in [-0.2, -0.15) is 0 Å². The molecule has 0 radical (unpaired) electrons. The van der Waals surface area contributed by atoms with E-state index in [2.05, 4.69) is 14.7 Å². The number of fused-ring (bicyclic) bond motifs is 1. The third-order valence-corrected chi connectivity index (χ3v) is 2.73. The van der Waals surface area contributed by atoms with E-state index in [0.717, 1.165) is 11.8 Å². The monoisotopic (exact) mass is 253 g/mol. The molecule has 0 fully saturated rings. The Bertz CT molecular complexity index is 595. The number of rotatable bonds is 2. The molecule has 0 unspecified atom stereocenters. The summed E-state index contributed by atoms with van der Waals surface area (Å²) in [6.07, 6.45) is 0. The molecule has 2 aromatic rings. The van der Waals surface area contributed by atoms with Crippen LogP contribution in [-0.4, -0.2) is 27.3 Å². The molecule has 1 aromatic heterocycles. The Labute approximate surface area is 99.3 Å². The topological polar surface area (TPSA) is 98.1 Å². The van der Waals surface area contributed by atoms with Gasteiger partial charge in [0.1, 0.15) is 0 Å². The Morgan fingerprint density at radius 2 is 2.35 bits per heavy atom. The summed E-state index contributed by atoms with van der Waals surface area (Å²) in [4.78, 5) is 28.1. The number of ether oxygens (including phenoxy) is 1. The average molecular weight is 253 g/mol. The smallest absolute Gasteiger partial charge is 0.374 e. The number of thioether (sulfide) groups is 1. The molecule has 1 heterocycles. The minimum Gasteiger partial charge on any atom is -0.461 e. The second kappa shape index (κ2) is 4.42. The van der Waals surface area contributed by atoms with E-state index >= 15 is 0 Å². The number of methoxy groups -OCH3 is 1. The van der Waals surface area contributed by atoms with Crippen molar-refractivity contribution in [3.05, 3.63) is 28.3 Å². The van der Waals surface area contributed by atoms with E-state index < -0.39 is 10.2 Å². The lowest BCUT2D eigenvalue weighted by Crippen LogP contribution is -1.91. The third-order valence-electron chi connectivity index (χ3n) is 2.01. The van der Waals surface area contributed by atoms with Crippen LogP contribution in [0.2, 0.25) is 0 Å². The van der Waals surface area contributed by atoms with Crippen molar-refractivity contribution in [1.29, 1.82) is 0 Å². The standard InChI is InChI=1S/C9H7N3O4S/c1-16-9(13)17-8-10-5-3-2-4-6(12(14)15)7(5)11-8/h2-4H,1H3,(H,10,11). The first-order valence-corrected chi connectivity index (χ1v) is 5.32. The molecule has 8 heteroatoms. The number of benzene rings is 1. The number of imidazole rings is 1. The van der Waals surface area contributed by atoms with Crippen molar-refractivity contribution in [2.75, 3.05) is 7.11 Å². The zero-order valence-electron chi connectivity index (χ0n) is 8.67. The maximum atomic E-state index is 11.0. The van der Waals surface area contributed by atoms with Crippen LogP contribution in [0.1, 0.15) is 0 Å². The summed E-state index contributed by atoms with van der Waals surface area (Å²) in [6, 6.07) is 4.55.